The van der Waals surface area contributed by atoms with Gasteiger partial charge in [-0.2, -0.15) is 0 Å². The summed E-state index contributed by atoms with van der Waals surface area (Å²) in [4.78, 5) is 25.7. The summed E-state index contributed by atoms with van der Waals surface area (Å²) in [6.45, 7) is 3.09. The van der Waals surface area contributed by atoms with E-state index < -0.39 is 0 Å². The zero-order valence-electron chi connectivity index (χ0n) is 14.7. The molecule has 7 heteroatoms. The van der Waals surface area contributed by atoms with E-state index in [4.69, 9.17) is 11.6 Å². The number of hydrogen-bond donors (Lipinski definition) is 0. The number of anilines is 1. The Morgan fingerprint density at radius 1 is 1.07 bits per heavy atom. The first kappa shape index (κ1) is 17.9. The van der Waals surface area contributed by atoms with E-state index in [1.54, 1.807) is 6.20 Å². The zero-order valence-corrected chi connectivity index (χ0v) is 16.3. The van der Waals surface area contributed by atoms with E-state index >= 15 is 0 Å². The standard InChI is InChI=1S/C20H19ClN4OS/c21-15-4-6-17(7-5-15)24-9-11-25(12-10-24)19(26)13-16-14-27-20(23-16)18-3-1-2-8-22-18/h1-8,14H,9-13H2. The molecule has 0 unspecified atom stereocenters. The van der Waals surface area contributed by atoms with E-state index in [1.807, 2.05) is 52.7 Å². The Morgan fingerprint density at radius 2 is 1.85 bits per heavy atom. The number of aromatic nitrogens is 2. The van der Waals surface area contributed by atoms with Gasteiger partial charge in [0.05, 0.1) is 17.8 Å². The maximum atomic E-state index is 12.6. The monoisotopic (exact) mass is 398 g/mol. The summed E-state index contributed by atoms with van der Waals surface area (Å²) in [5.74, 6) is 0.128. The number of thiazole rings is 1. The van der Waals surface area contributed by atoms with Crippen molar-refractivity contribution in [3.8, 4) is 10.7 Å². The maximum Gasteiger partial charge on any atom is 0.228 e. The van der Waals surface area contributed by atoms with Crippen LogP contribution in [-0.2, 0) is 11.2 Å². The number of rotatable bonds is 4. The highest BCUT2D eigenvalue weighted by Crippen LogP contribution is 2.23. The van der Waals surface area contributed by atoms with Crippen molar-refractivity contribution in [3.63, 3.8) is 0 Å². The smallest absolute Gasteiger partial charge is 0.228 e. The quantitative estimate of drug-likeness (QED) is 0.671. The van der Waals surface area contributed by atoms with Crippen LogP contribution in [0, 0.1) is 0 Å². The molecule has 0 spiro atoms. The van der Waals surface area contributed by atoms with Crippen molar-refractivity contribution in [2.75, 3.05) is 31.1 Å². The largest absolute Gasteiger partial charge is 0.368 e. The van der Waals surface area contributed by atoms with Crippen LogP contribution in [0.15, 0.2) is 54.0 Å². The second-order valence-electron chi connectivity index (χ2n) is 6.38. The molecule has 4 rings (SSSR count). The number of hydrogen-bond acceptors (Lipinski definition) is 5. The van der Waals surface area contributed by atoms with Crippen LogP contribution in [0.2, 0.25) is 5.02 Å². The van der Waals surface area contributed by atoms with Gasteiger partial charge in [-0.3, -0.25) is 9.78 Å². The van der Waals surface area contributed by atoms with Gasteiger partial charge in [0.1, 0.15) is 5.01 Å². The minimum Gasteiger partial charge on any atom is -0.368 e. The lowest BCUT2D eigenvalue weighted by molar-refractivity contribution is -0.130. The minimum absolute atomic E-state index is 0.128. The number of amides is 1. The molecule has 0 N–H and O–H groups in total. The number of halogens is 1. The molecule has 0 aliphatic carbocycles. The van der Waals surface area contributed by atoms with Crippen molar-refractivity contribution in [1.29, 1.82) is 0 Å². The van der Waals surface area contributed by atoms with Gasteiger partial charge in [-0.25, -0.2) is 4.98 Å². The van der Waals surface area contributed by atoms with Crippen LogP contribution in [0.4, 0.5) is 5.69 Å². The van der Waals surface area contributed by atoms with Crippen LogP contribution < -0.4 is 4.90 Å². The Labute approximate surface area is 167 Å². The predicted octanol–water partition coefficient (Wildman–Crippen LogP) is 3.75. The average molecular weight is 399 g/mol. The molecule has 1 fully saturated rings. The molecule has 0 atom stereocenters. The SMILES string of the molecule is O=C(Cc1csc(-c2ccccn2)n1)N1CCN(c2ccc(Cl)cc2)CC1. The minimum atomic E-state index is 0.128. The van der Waals surface area contributed by atoms with Crippen LogP contribution in [0.3, 0.4) is 0 Å². The van der Waals surface area contributed by atoms with Crippen molar-refractivity contribution in [2.45, 2.75) is 6.42 Å². The Bertz CT molecular complexity index is 905. The zero-order chi connectivity index (χ0) is 18.6. The van der Waals surface area contributed by atoms with Crippen molar-refractivity contribution in [1.82, 2.24) is 14.9 Å². The number of carbonyl (C=O) groups excluding carboxylic acids is 1. The lowest BCUT2D eigenvalue weighted by Gasteiger charge is -2.36. The van der Waals surface area contributed by atoms with Crippen LogP contribution in [0.1, 0.15) is 5.69 Å². The molecule has 3 aromatic rings. The summed E-state index contributed by atoms with van der Waals surface area (Å²) in [5, 5.41) is 3.54. The van der Waals surface area contributed by atoms with Gasteiger partial charge < -0.3 is 9.80 Å². The maximum absolute atomic E-state index is 12.6. The Balaban J connectivity index is 1.33. The van der Waals surface area contributed by atoms with Crippen molar-refractivity contribution >= 4 is 34.5 Å². The molecule has 0 bridgehead atoms. The summed E-state index contributed by atoms with van der Waals surface area (Å²) >= 11 is 7.48. The van der Waals surface area contributed by atoms with Crippen LogP contribution in [0.25, 0.3) is 10.7 Å². The fourth-order valence-electron chi connectivity index (χ4n) is 3.13. The van der Waals surface area contributed by atoms with Gasteiger partial charge in [-0.15, -0.1) is 11.3 Å². The van der Waals surface area contributed by atoms with Gasteiger partial charge in [0.2, 0.25) is 5.91 Å². The number of nitrogens with zero attached hydrogens (tertiary/aromatic N) is 4. The van der Waals surface area contributed by atoms with E-state index in [-0.39, 0.29) is 5.91 Å². The average Bonchev–Trinajstić information content (AvgIpc) is 3.18. The molecule has 0 radical (unpaired) electrons. The molecule has 1 aliphatic rings. The fraction of sp³-hybridized carbons (Fsp3) is 0.250. The second-order valence-corrected chi connectivity index (χ2v) is 7.67. The van der Waals surface area contributed by atoms with E-state index in [9.17, 15) is 4.79 Å². The summed E-state index contributed by atoms with van der Waals surface area (Å²) in [6, 6.07) is 13.6. The highest BCUT2D eigenvalue weighted by Gasteiger charge is 2.22. The summed E-state index contributed by atoms with van der Waals surface area (Å²) in [6.07, 6.45) is 2.09. The molecule has 1 amide bonds. The highest BCUT2D eigenvalue weighted by molar-refractivity contribution is 7.13. The van der Waals surface area contributed by atoms with Crippen LogP contribution in [-0.4, -0.2) is 47.0 Å². The first-order valence-corrected chi connectivity index (χ1v) is 10.1. The second kappa shape index (κ2) is 8.06. The highest BCUT2D eigenvalue weighted by atomic mass is 35.5. The van der Waals surface area contributed by atoms with Gasteiger partial charge >= 0.3 is 0 Å². The van der Waals surface area contributed by atoms with Gasteiger partial charge in [-0.1, -0.05) is 17.7 Å². The molecule has 5 nitrogen and oxygen atoms in total. The van der Waals surface area contributed by atoms with Gasteiger partial charge in [0.25, 0.3) is 0 Å². The summed E-state index contributed by atoms with van der Waals surface area (Å²) in [7, 11) is 0. The predicted molar refractivity (Wildman–Crippen MR) is 109 cm³/mol. The molecule has 138 valence electrons. The lowest BCUT2D eigenvalue weighted by atomic mass is 10.2. The summed E-state index contributed by atoms with van der Waals surface area (Å²) in [5.41, 5.74) is 2.80. The molecule has 2 aromatic heterocycles. The molecule has 1 saturated heterocycles. The van der Waals surface area contributed by atoms with Gasteiger partial charge in [0.15, 0.2) is 0 Å². The van der Waals surface area contributed by atoms with E-state index in [2.05, 4.69) is 14.9 Å². The first-order chi connectivity index (χ1) is 13.2. The number of benzene rings is 1. The number of pyridine rings is 1. The Hall–Kier alpha value is -2.44. The van der Waals surface area contributed by atoms with Gasteiger partial charge in [-0.05, 0) is 36.4 Å². The third-order valence-electron chi connectivity index (χ3n) is 4.59. The van der Waals surface area contributed by atoms with Crippen molar-refractivity contribution < 1.29 is 4.79 Å². The molecule has 3 heterocycles. The van der Waals surface area contributed by atoms with E-state index in [1.165, 1.54) is 11.3 Å². The Kier molecular flexibility index (Phi) is 5.36. The topological polar surface area (TPSA) is 49.3 Å². The normalized spacial score (nSPS) is 14.4. The molecule has 1 aliphatic heterocycles. The van der Waals surface area contributed by atoms with Gasteiger partial charge in [0, 0.05) is 48.5 Å². The Morgan fingerprint density at radius 3 is 2.56 bits per heavy atom. The van der Waals surface area contributed by atoms with Crippen molar-refractivity contribution in [2.24, 2.45) is 0 Å². The van der Waals surface area contributed by atoms with Crippen molar-refractivity contribution in [3.05, 3.63) is 64.8 Å². The number of piperazine rings is 1. The molecular formula is C20H19ClN4OS. The lowest BCUT2D eigenvalue weighted by Crippen LogP contribution is -2.49. The first-order valence-electron chi connectivity index (χ1n) is 8.83. The third-order valence-corrected chi connectivity index (χ3v) is 5.76. The van der Waals surface area contributed by atoms with E-state index in [0.29, 0.717) is 6.42 Å². The molecule has 27 heavy (non-hydrogen) atoms. The van der Waals surface area contributed by atoms with E-state index in [0.717, 1.165) is 53.3 Å². The third kappa shape index (κ3) is 4.28. The summed E-state index contributed by atoms with van der Waals surface area (Å²) < 4.78 is 0. The molecule has 0 saturated carbocycles. The van der Waals surface area contributed by atoms with Crippen LogP contribution in [0.5, 0.6) is 0 Å². The fourth-order valence-corrected chi connectivity index (χ4v) is 4.05. The molecule has 1 aromatic carbocycles. The van der Waals surface area contributed by atoms with Crippen LogP contribution >= 0.6 is 22.9 Å². The molecular weight excluding hydrogens is 380 g/mol. The number of carbonyl (C=O) groups is 1.